The number of nitrogens with one attached hydrogen (secondary N) is 2. The second kappa shape index (κ2) is 8.07. The Kier molecular flexibility index (Phi) is 5.97. The van der Waals surface area contributed by atoms with Crippen molar-refractivity contribution in [2.45, 2.75) is 42.9 Å². The first-order chi connectivity index (χ1) is 12.7. The van der Waals surface area contributed by atoms with E-state index in [4.69, 9.17) is 5.73 Å². The molecule has 3 rings (SSSR count). The third kappa shape index (κ3) is 5.36. The molecular formula is C17H21BrFN5O2S. The maximum atomic E-state index is 13.4. The summed E-state index contributed by atoms with van der Waals surface area (Å²) in [5.74, 6) is 0.339. The van der Waals surface area contributed by atoms with Crippen molar-refractivity contribution in [1.29, 1.82) is 0 Å². The molecular weight excluding hydrogens is 437 g/mol. The second-order valence-electron chi connectivity index (χ2n) is 6.70. The van der Waals surface area contributed by atoms with Gasteiger partial charge in [0, 0.05) is 30.1 Å². The van der Waals surface area contributed by atoms with Gasteiger partial charge in [0.25, 0.3) is 5.16 Å². The molecule has 0 aliphatic heterocycles. The molecule has 0 unspecified atom stereocenters. The normalized spacial score (nSPS) is 20.3. The van der Waals surface area contributed by atoms with E-state index in [1.54, 1.807) is 12.1 Å². The number of nitrogens with zero attached hydrogens (tertiary/aromatic N) is 2. The van der Waals surface area contributed by atoms with Gasteiger partial charge in [-0.15, -0.1) is 0 Å². The van der Waals surface area contributed by atoms with Crippen molar-refractivity contribution in [2.24, 2.45) is 5.73 Å². The van der Waals surface area contributed by atoms with Crippen LogP contribution < -0.4 is 16.4 Å². The Morgan fingerprint density at radius 2 is 1.81 bits per heavy atom. The van der Waals surface area contributed by atoms with Gasteiger partial charge in [0.2, 0.25) is 9.84 Å². The predicted octanol–water partition coefficient (Wildman–Crippen LogP) is 3.21. The molecule has 0 saturated heterocycles. The molecule has 0 atom stereocenters. The zero-order chi connectivity index (χ0) is 19.6. The Labute approximate surface area is 166 Å². The van der Waals surface area contributed by atoms with Gasteiger partial charge >= 0.3 is 0 Å². The first-order valence-corrected chi connectivity index (χ1v) is 11.2. The third-order valence-corrected chi connectivity index (χ3v) is 5.81. The fraction of sp³-hybridized carbons (Fsp3) is 0.412. The van der Waals surface area contributed by atoms with Gasteiger partial charge in [0.1, 0.15) is 17.5 Å². The minimum Gasteiger partial charge on any atom is -0.367 e. The van der Waals surface area contributed by atoms with Crippen LogP contribution in [0.5, 0.6) is 0 Å². The summed E-state index contributed by atoms with van der Waals surface area (Å²) in [6.07, 6.45) is 4.68. The summed E-state index contributed by atoms with van der Waals surface area (Å²) in [5.41, 5.74) is 6.50. The summed E-state index contributed by atoms with van der Waals surface area (Å²) in [6.45, 7) is 0. The van der Waals surface area contributed by atoms with Crippen molar-refractivity contribution in [3.63, 3.8) is 0 Å². The van der Waals surface area contributed by atoms with Crippen LogP contribution in [0.25, 0.3) is 0 Å². The van der Waals surface area contributed by atoms with Gasteiger partial charge in [-0.3, -0.25) is 0 Å². The maximum absolute atomic E-state index is 13.4. The van der Waals surface area contributed by atoms with Crippen LogP contribution in [-0.4, -0.2) is 36.7 Å². The number of benzene rings is 1. The summed E-state index contributed by atoms with van der Waals surface area (Å²) in [4.78, 5) is 8.22. The largest absolute Gasteiger partial charge is 0.367 e. The zero-order valence-corrected chi connectivity index (χ0v) is 17.1. The maximum Gasteiger partial charge on any atom is 0.250 e. The highest BCUT2D eigenvalue weighted by Gasteiger charge is 2.20. The molecule has 1 aliphatic carbocycles. The van der Waals surface area contributed by atoms with Gasteiger partial charge in [-0.2, -0.15) is 0 Å². The molecule has 1 heterocycles. The van der Waals surface area contributed by atoms with Crippen LogP contribution in [0, 0.1) is 5.82 Å². The second-order valence-corrected chi connectivity index (χ2v) is 9.47. The Bertz CT molecular complexity index is 933. The molecule has 1 aromatic carbocycles. The van der Waals surface area contributed by atoms with E-state index in [-0.39, 0.29) is 17.2 Å². The van der Waals surface area contributed by atoms with Crippen LogP contribution in [0.2, 0.25) is 0 Å². The monoisotopic (exact) mass is 457 g/mol. The van der Waals surface area contributed by atoms with E-state index in [0.717, 1.165) is 31.9 Å². The predicted molar refractivity (Wildman–Crippen MR) is 106 cm³/mol. The number of sulfone groups is 1. The highest BCUT2D eigenvalue weighted by molar-refractivity contribution is 9.10. The fourth-order valence-corrected chi connectivity index (χ4v) is 3.83. The standard InChI is InChI=1S/C17H21BrFN5O2S/c1-27(25,26)17-23-15(21-11-4-2-10(20)3-5-11)9-16(24-17)22-12-6-7-14(19)13(18)8-12/h6-11H,2-5,20H2,1H3,(H2,21,22,23,24). The van der Waals surface area contributed by atoms with Gasteiger partial charge in [-0.25, -0.2) is 22.8 Å². The van der Waals surface area contributed by atoms with Crippen LogP contribution >= 0.6 is 15.9 Å². The van der Waals surface area contributed by atoms with E-state index in [9.17, 15) is 12.8 Å². The number of nitrogens with two attached hydrogens (primary N) is 1. The molecule has 146 valence electrons. The summed E-state index contributed by atoms with van der Waals surface area (Å²) >= 11 is 3.12. The first-order valence-electron chi connectivity index (χ1n) is 8.54. The van der Waals surface area contributed by atoms with E-state index in [1.165, 1.54) is 12.1 Å². The topological polar surface area (TPSA) is 110 Å². The lowest BCUT2D eigenvalue weighted by Crippen LogP contribution is -2.33. The Morgan fingerprint density at radius 1 is 1.15 bits per heavy atom. The van der Waals surface area contributed by atoms with Gasteiger partial charge in [0.15, 0.2) is 0 Å². The summed E-state index contributed by atoms with van der Waals surface area (Å²) in [5, 5.41) is 6.00. The lowest BCUT2D eigenvalue weighted by atomic mass is 9.92. The Morgan fingerprint density at radius 3 is 2.44 bits per heavy atom. The zero-order valence-electron chi connectivity index (χ0n) is 14.7. The smallest absolute Gasteiger partial charge is 0.250 e. The van der Waals surface area contributed by atoms with Crippen LogP contribution in [0.1, 0.15) is 25.7 Å². The van der Waals surface area contributed by atoms with E-state index in [2.05, 4.69) is 36.5 Å². The lowest BCUT2D eigenvalue weighted by molar-refractivity contribution is 0.410. The minimum atomic E-state index is -3.60. The molecule has 0 radical (unpaired) electrons. The number of rotatable bonds is 5. The Hall–Kier alpha value is -1.78. The Balaban J connectivity index is 1.87. The van der Waals surface area contributed by atoms with Crippen molar-refractivity contribution in [1.82, 2.24) is 9.97 Å². The molecule has 1 saturated carbocycles. The van der Waals surface area contributed by atoms with Crippen molar-refractivity contribution in [2.75, 3.05) is 16.9 Å². The molecule has 1 fully saturated rings. The van der Waals surface area contributed by atoms with E-state index < -0.39 is 15.7 Å². The number of halogens is 2. The van der Waals surface area contributed by atoms with Gasteiger partial charge in [0.05, 0.1) is 4.47 Å². The third-order valence-electron chi connectivity index (χ3n) is 4.35. The highest BCUT2D eigenvalue weighted by Crippen LogP contribution is 2.26. The molecule has 4 N–H and O–H groups in total. The SMILES string of the molecule is CS(=O)(=O)c1nc(Nc2ccc(F)c(Br)c2)cc(NC2CCC(N)CC2)n1. The average Bonchev–Trinajstić information content (AvgIpc) is 2.59. The molecule has 0 bridgehead atoms. The average molecular weight is 458 g/mol. The summed E-state index contributed by atoms with van der Waals surface area (Å²) in [6, 6.07) is 6.43. The lowest BCUT2D eigenvalue weighted by Gasteiger charge is -2.27. The number of hydrogen-bond donors (Lipinski definition) is 3. The number of anilines is 3. The molecule has 2 aromatic rings. The van der Waals surface area contributed by atoms with Gasteiger partial charge in [-0.05, 0) is 59.8 Å². The van der Waals surface area contributed by atoms with Crippen LogP contribution in [-0.2, 0) is 9.84 Å². The molecule has 1 aliphatic rings. The van der Waals surface area contributed by atoms with E-state index in [0.29, 0.717) is 21.8 Å². The van der Waals surface area contributed by atoms with Crippen molar-refractivity contribution in [3.05, 3.63) is 34.6 Å². The molecule has 27 heavy (non-hydrogen) atoms. The minimum absolute atomic E-state index is 0.180. The number of hydrogen-bond acceptors (Lipinski definition) is 7. The van der Waals surface area contributed by atoms with Crippen LogP contribution in [0.4, 0.5) is 21.7 Å². The van der Waals surface area contributed by atoms with E-state index >= 15 is 0 Å². The molecule has 7 nitrogen and oxygen atoms in total. The molecule has 10 heteroatoms. The molecule has 0 amide bonds. The molecule has 0 spiro atoms. The van der Waals surface area contributed by atoms with Crippen molar-refractivity contribution < 1.29 is 12.8 Å². The van der Waals surface area contributed by atoms with Crippen LogP contribution in [0.15, 0.2) is 33.9 Å². The summed E-state index contributed by atoms with van der Waals surface area (Å²) < 4.78 is 37.6. The van der Waals surface area contributed by atoms with Crippen molar-refractivity contribution in [3.8, 4) is 0 Å². The van der Waals surface area contributed by atoms with Crippen LogP contribution in [0.3, 0.4) is 0 Å². The fourth-order valence-electron chi connectivity index (χ4n) is 2.92. The number of aromatic nitrogens is 2. The van der Waals surface area contributed by atoms with Gasteiger partial charge < -0.3 is 16.4 Å². The quantitative estimate of drug-likeness (QED) is 0.591. The summed E-state index contributed by atoms with van der Waals surface area (Å²) in [7, 11) is -3.60. The highest BCUT2D eigenvalue weighted by atomic mass is 79.9. The van der Waals surface area contributed by atoms with Crippen molar-refractivity contribution >= 4 is 43.1 Å². The van der Waals surface area contributed by atoms with E-state index in [1.807, 2.05) is 0 Å². The molecule has 1 aromatic heterocycles. The first kappa shape index (κ1) is 20.0. The van der Waals surface area contributed by atoms with Gasteiger partial charge in [-0.1, -0.05) is 0 Å².